The number of rotatable bonds is 3. The molecule has 0 aliphatic carbocycles. The van der Waals surface area contributed by atoms with Crippen molar-refractivity contribution in [2.45, 2.75) is 11.0 Å². The van der Waals surface area contributed by atoms with E-state index in [-0.39, 0.29) is 37.0 Å². The van der Waals surface area contributed by atoms with E-state index in [9.17, 15) is 8.42 Å². The number of anilines is 1. The Labute approximate surface area is 105 Å². The van der Waals surface area contributed by atoms with Crippen LogP contribution in [0, 0.1) is 0 Å². The molecule has 102 valence electrons. The van der Waals surface area contributed by atoms with E-state index in [0.29, 0.717) is 0 Å². The first-order chi connectivity index (χ1) is 8.45. The summed E-state index contributed by atoms with van der Waals surface area (Å²) in [5.74, 6) is -0.0236. The van der Waals surface area contributed by atoms with Gasteiger partial charge in [0.2, 0.25) is 10.0 Å². The Hall–Kier alpha value is -1.16. The fourth-order valence-electron chi connectivity index (χ4n) is 1.84. The number of aliphatic hydroxyl groups is 1. The third-order valence-electron chi connectivity index (χ3n) is 2.74. The van der Waals surface area contributed by atoms with Crippen LogP contribution in [0.2, 0.25) is 0 Å². The van der Waals surface area contributed by atoms with Gasteiger partial charge < -0.3 is 15.6 Å². The van der Waals surface area contributed by atoms with Gasteiger partial charge in [0, 0.05) is 26.3 Å². The predicted molar refractivity (Wildman–Crippen MR) is 63.2 cm³/mol. The molecule has 1 aromatic heterocycles. The first-order valence-corrected chi connectivity index (χ1v) is 6.91. The van der Waals surface area contributed by atoms with Crippen LogP contribution in [-0.2, 0) is 21.8 Å². The first kappa shape index (κ1) is 13.3. The van der Waals surface area contributed by atoms with E-state index in [1.165, 1.54) is 15.2 Å². The number of nitrogen functional groups attached to an aromatic ring is 1. The van der Waals surface area contributed by atoms with Crippen molar-refractivity contribution in [2.75, 3.05) is 32.0 Å². The van der Waals surface area contributed by atoms with Crippen molar-refractivity contribution < 1.29 is 18.3 Å². The van der Waals surface area contributed by atoms with E-state index in [2.05, 4.69) is 5.10 Å². The predicted octanol–water partition coefficient (Wildman–Crippen LogP) is -1.62. The van der Waals surface area contributed by atoms with Crippen LogP contribution in [0.15, 0.2) is 11.1 Å². The monoisotopic (exact) mass is 276 g/mol. The Morgan fingerprint density at radius 3 is 2.94 bits per heavy atom. The number of nitrogens with zero attached hydrogens (tertiary/aromatic N) is 3. The SMILES string of the molecule is Cn1cc(S(=O)(=O)N2CCOC(CO)C2)c(N)n1. The number of aryl methyl sites for hydroxylation is 1. The summed E-state index contributed by atoms with van der Waals surface area (Å²) >= 11 is 0. The lowest BCUT2D eigenvalue weighted by Gasteiger charge is -2.30. The summed E-state index contributed by atoms with van der Waals surface area (Å²) in [5, 5.41) is 12.8. The molecule has 0 spiro atoms. The van der Waals surface area contributed by atoms with Gasteiger partial charge in [0.05, 0.1) is 19.3 Å². The molecule has 2 heterocycles. The molecule has 1 fully saturated rings. The Morgan fingerprint density at radius 1 is 1.67 bits per heavy atom. The zero-order chi connectivity index (χ0) is 13.3. The average molecular weight is 276 g/mol. The maximum absolute atomic E-state index is 12.3. The van der Waals surface area contributed by atoms with Gasteiger partial charge >= 0.3 is 0 Å². The van der Waals surface area contributed by atoms with E-state index < -0.39 is 16.1 Å². The molecular weight excluding hydrogens is 260 g/mol. The van der Waals surface area contributed by atoms with Crippen molar-refractivity contribution in [3.05, 3.63) is 6.20 Å². The summed E-state index contributed by atoms with van der Waals surface area (Å²) in [7, 11) is -2.08. The molecule has 1 aromatic rings. The van der Waals surface area contributed by atoms with Gasteiger partial charge in [-0.25, -0.2) is 8.42 Å². The molecular formula is C9H16N4O4S. The molecule has 1 unspecified atom stereocenters. The fourth-order valence-corrected chi connectivity index (χ4v) is 3.39. The van der Waals surface area contributed by atoms with Crippen molar-refractivity contribution in [3.63, 3.8) is 0 Å². The van der Waals surface area contributed by atoms with Crippen molar-refractivity contribution >= 4 is 15.8 Å². The Morgan fingerprint density at radius 2 is 2.39 bits per heavy atom. The zero-order valence-electron chi connectivity index (χ0n) is 9.98. The van der Waals surface area contributed by atoms with Crippen molar-refractivity contribution in [3.8, 4) is 0 Å². The average Bonchev–Trinajstić information content (AvgIpc) is 2.69. The summed E-state index contributed by atoms with van der Waals surface area (Å²) in [4.78, 5) is -0.0106. The maximum atomic E-state index is 12.3. The Kier molecular flexibility index (Phi) is 3.57. The molecule has 1 atom stereocenters. The standard InChI is InChI=1S/C9H16N4O4S/c1-12-5-8(9(10)11-12)18(15,16)13-2-3-17-7(4-13)6-14/h5,7,14H,2-4,6H2,1H3,(H2,10,11). The van der Waals surface area contributed by atoms with Crippen molar-refractivity contribution in [1.29, 1.82) is 0 Å². The van der Waals surface area contributed by atoms with Gasteiger partial charge in [-0.1, -0.05) is 0 Å². The summed E-state index contributed by atoms with van der Waals surface area (Å²) in [5.41, 5.74) is 5.58. The van der Waals surface area contributed by atoms with Crippen LogP contribution in [0.1, 0.15) is 0 Å². The van der Waals surface area contributed by atoms with Gasteiger partial charge in [0.15, 0.2) is 5.82 Å². The second-order valence-corrected chi connectivity index (χ2v) is 6.00. The van der Waals surface area contributed by atoms with E-state index in [1.807, 2.05) is 0 Å². The topological polar surface area (TPSA) is 111 Å². The highest BCUT2D eigenvalue weighted by Crippen LogP contribution is 2.22. The van der Waals surface area contributed by atoms with Crippen LogP contribution in [0.5, 0.6) is 0 Å². The van der Waals surface area contributed by atoms with E-state index in [1.54, 1.807) is 7.05 Å². The molecule has 0 bridgehead atoms. The van der Waals surface area contributed by atoms with Gasteiger partial charge in [0.1, 0.15) is 4.90 Å². The highest BCUT2D eigenvalue weighted by molar-refractivity contribution is 7.89. The highest BCUT2D eigenvalue weighted by atomic mass is 32.2. The minimum Gasteiger partial charge on any atom is -0.394 e. The smallest absolute Gasteiger partial charge is 0.248 e. The Bertz CT molecular complexity index is 527. The molecule has 2 rings (SSSR count). The number of hydrogen-bond donors (Lipinski definition) is 2. The molecule has 1 aliphatic rings. The minimum absolute atomic E-state index is 0.0106. The van der Waals surface area contributed by atoms with E-state index >= 15 is 0 Å². The van der Waals surface area contributed by atoms with E-state index in [0.717, 1.165) is 0 Å². The first-order valence-electron chi connectivity index (χ1n) is 5.47. The lowest BCUT2D eigenvalue weighted by molar-refractivity contribution is -0.0304. The van der Waals surface area contributed by atoms with Gasteiger partial charge in [-0.2, -0.15) is 9.40 Å². The molecule has 0 saturated carbocycles. The number of nitrogens with two attached hydrogens (primary N) is 1. The molecule has 0 radical (unpaired) electrons. The van der Waals surface area contributed by atoms with Crippen LogP contribution in [0.25, 0.3) is 0 Å². The van der Waals surface area contributed by atoms with Crippen LogP contribution in [-0.4, -0.2) is 60.0 Å². The third-order valence-corrected chi connectivity index (χ3v) is 4.63. The maximum Gasteiger partial charge on any atom is 0.248 e. The number of sulfonamides is 1. The lowest BCUT2D eigenvalue weighted by atomic mass is 10.3. The molecule has 8 nitrogen and oxygen atoms in total. The molecule has 1 aliphatic heterocycles. The second-order valence-electron chi connectivity index (χ2n) is 4.09. The van der Waals surface area contributed by atoms with Crippen LogP contribution >= 0.6 is 0 Å². The van der Waals surface area contributed by atoms with Gasteiger partial charge in [-0.15, -0.1) is 0 Å². The number of morpholine rings is 1. The van der Waals surface area contributed by atoms with E-state index in [4.69, 9.17) is 15.6 Å². The molecule has 9 heteroatoms. The third kappa shape index (κ3) is 2.34. The number of aromatic nitrogens is 2. The second kappa shape index (κ2) is 4.84. The zero-order valence-corrected chi connectivity index (χ0v) is 10.8. The van der Waals surface area contributed by atoms with Crippen molar-refractivity contribution in [1.82, 2.24) is 14.1 Å². The lowest BCUT2D eigenvalue weighted by Crippen LogP contribution is -2.46. The van der Waals surface area contributed by atoms with Gasteiger partial charge in [0.25, 0.3) is 0 Å². The Balaban J connectivity index is 2.28. The molecule has 0 amide bonds. The quantitative estimate of drug-likeness (QED) is 0.687. The summed E-state index contributed by atoms with van der Waals surface area (Å²) in [6.07, 6.45) is 0.875. The summed E-state index contributed by atoms with van der Waals surface area (Å²) in [6.45, 7) is 0.402. The van der Waals surface area contributed by atoms with Crippen LogP contribution in [0.4, 0.5) is 5.82 Å². The summed E-state index contributed by atoms with van der Waals surface area (Å²) < 4.78 is 32.5. The van der Waals surface area contributed by atoms with Crippen LogP contribution < -0.4 is 5.73 Å². The number of aliphatic hydroxyl groups excluding tert-OH is 1. The van der Waals surface area contributed by atoms with Gasteiger partial charge in [-0.3, -0.25) is 4.68 Å². The normalized spacial score (nSPS) is 22.2. The number of ether oxygens (including phenoxy) is 1. The van der Waals surface area contributed by atoms with Crippen LogP contribution in [0.3, 0.4) is 0 Å². The largest absolute Gasteiger partial charge is 0.394 e. The molecule has 1 saturated heterocycles. The van der Waals surface area contributed by atoms with Gasteiger partial charge in [-0.05, 0) is 0 Å². The molecule has 3 N–H and O–H groups in total. The summed E-state index contributed by atoms with van der Waals surface area (Å²) in [6, 6.07) is 0. The minimum atomic E-state index is -3.68. The number of hydrogen-bond acceptors (Lipinski definition) is 6. The highest BCUT2D eigenvalue weighted by Gasteiger charge is 2.33. The van der Waals surface area contributed by atoms with Crippen molar-refractivity contribution in [2.24, 2.45) is 7.05 Å². The fraction of sp³-hybridized carbons (Fsp3) is 0.667. The molecule has 18 heavy (non-hydrogen) atoms. The molecule has 0 aromatic carbocycles.